The highest BCUT2D eigenvalue weighted by Gasteiger charge is 2.44. The summed E-state index contributed by atoms with van der Waals surface area (Å²) in [4.78, 5) is 0. The maximum Gasteiger partial charge on any atom is 0.0465 e. The van der Waals surface area contributed by atoms with Crippen LogP contribution >= 0.6 is 0 Å². The van der Waals surface area contributed by atoms with Gasteiger partial charge in [0.15, 0.2) is 0 Å². The zero-order valence-electron chi connectivity index (χ0n) is 12.0. The lowest BCUT2D eigenvalue weighted by molar-refractivity contribution is -0.0359. The molecule has 106 valence electrons. The molecule has 2 N–H and O–H groups in total. The summed E-state index contributed by atoms with van der Waals surface area (Å²) in [7, 11) is 0. The van der Waals surface area contributed by atoms with Crippen LogP contribution in [0.2, 0.25) is 0 Å². The van der Waals surface area contributed by atoms with Gasteiger partial charge in [0.2, 0.25) is 0 Å². The van der Waals surface area contributed by atoms with E-state index in [9.17, 15) is 10.2 Å². The minimum absolute atomic E-state index is 0.266. The smallest absolute Gasteiger partial charge is 0.0465 e. The van der Waals surface area contributed by atoms with Crippen molar-refractivity contribution in [3.63, 3.8) is 0 Å². The van der Waals surface area contributed by atoms with Gasteiger partial charge in [-0.3, -0.25) is 0 Å². The first-order chi connectivity index (χ1) is 8.74. The standard InChI is InChI=1S/C16H30O2/c1-3-11-7-13-5-6-14(9-17)16(10-18)15(13)8-12(11)4-2/h11-18H,3-10H2,1-2H3. The van der Waals surface area contributed by atoms with Gasteiger partial charge in [0.05, 0.1) is 0 Å². The van der Waals surface area contributed by atoms with Gasteiger partial charge in [-0.2, -0.15) is 0 Å². The average Bonchev–Trinajstić information content (AvgIpc) is 2.44. The van der Waals surface area contributed by atoms with Gasteiger partial charge in [-0.15, -0.1) is 0 Å². The molecule has 6 unspecified atom stereocenters. The Kier molecular flexibility index (Phi) is 5.08. The Morgan fingerprint density at radius 3 is 2.06 bits per heavy atom. The molecule has 0 aromatic carbocycles. The van der Waals surface area contributed by atoms with Crippen LogP contribution in [0.5, 0.6) is 0 Å². The minimum Gasteiger partial charge on any atom is -0.396 e. The maximum absolute atomic E-state index is 9.70. The van der Waals surface area contributed by atoms with Crippen molar-refractivity contribution >= 4 is 0 Å². The van der Waals surface area contributed by atoms with Crippen molar-refractivity contribution in [1.82, 2.24) is 0 Å². The van der Waals surface area contributed by atoms with Crippen molar-refractivity contribution < 1.29 is 10.2 Å². The monoisotopic (exact) mass is 254 g/mol. The lowest BCUT2D eigenvalue weighted by Gasteiger charge is -2.49. The second kappa shape index (κ2) is 6.38. The summed E-state index contributed by atoms with van der Waals surface area (Å²) in [5.74, 6) is 3.96. The van der Waals surface area contributed by atoms with Crippen LogP contribution in [0.3, 0.4) is 0 Å². The zero-order valence-corrected chi connectivity index (χ0v) is 12.0. The first-order valence-electron chi connectivity index (χ1n) is 7.96. The van der Waals surface area contributed by atoms with Crippen LogP contribution in [0.1, 0.15) is 52.4 Å². The molecule has 0 saturated heterocycles. The van der Waals surface area contributed by atoms with Gasteiger partial charge in [0.1, 0.15) is 0 Å². The molecule has 0 aromatic rings. The summed E-state index contributed by atoms with van der Waals surface area (Å²) >= 11 is 0. The van der Waals surface area contributed by atoms with E-state index in [0.717, 1.165) is 24.2 Å². The van der Waals surface area contributed by atoms with Gasteiger partial charge >= 0.3 is 0 Å². The lowest BCUT2D eigenvalue weighted by atomic mass is 9.56. The van der Waals surface area contributed by atoms with Gasteiger partial charge in [0.25, 0.3) is 0 Å². The molecule has 0 spiro atoms. The van der Waals surface area contributed by atoms with Crippen LogP contribution in [0.15, 0.2) is 0 Å². The summed E-state index contributed by atoms with van der Waals surface area (Å²) in [6.45, 7) is 5.19. The van der Waals surface area contributed by atoms with E-state index in [4.69, 9.17) is 0 Å². The van der Waals surface area contributed by atoms with Crippen LogP contribution in [0.4, 0.5) is 0 Å². The first kappa shape index (κ1) is 14.3. The molecule has 2 aliphatic rings. The van der Waals surface area contributed by atoms with Crippen molar-refractivity contribution in [3.05, 3.63) is 0 Å². The summed E-state index contributed by atoms with van der Waals surface area (Å²) in [6, 6.07) is 0. The van der Waals surface area contributed by atoms with Crippen LogP contribution in [0, 0.1) is 35.5 Å². The molecule has 2 nitrogen and oxygen atoms in total. The van der Waals surface area contributed by atoms with E-state index in [2.05, 4.69) is 13.8 Å². The molecule has 2 fully saturated rings. The number of fused-ring (bicyclic) bond motifs is 1. The molecule has 0 bridgehead atoms. The number of rotatable bonds is 4. The fraction of sp³-hybridized carbons (Fsp3) is 1.00. The molecule has 0 heterocycles. The van der Waals surface area contributed by atoms with E-state index in [-0.39, 0.29) is 13.2 Å². The van der Waals surface area contributed by atoms with Gasteiger partial charge in [-0.05, 0) is 61.2 Å². The molecule has 2 heteroatoms. The maximum atomic E-state index is 9.70. The molecular weight excluding hydrogens is 224 g/mol. The van der Waals surface area contributed by atoms with E-state index < -0.39 is 0 Å². The molecule has 6 atom stereocenters. The zero-order chi connectivity index (χ0) is 13.1. The molecular formula is C16H30O2. The second-order valence-electron chi connectivity index (χ2n) is 6.60. The third kappa shape index (κ3) is 2.60. The molecule has 0 amide bonds. The summed E-state index contributed by atoms with van der Waals surface area (Å²) in [5.41, 5.74) is 0. The normalized spacial score (nSPS) is 44.7. The Balaban J connectivity index is 2.09. The Bertz CT molecular complexity index is 251. The van der Waals surface area contributed by atoms with Crippen LogP contribution in [-0.2, 0) is 0 Å². The topological polar surface area (TPSA) is 40.5 Å². The third-order valence-electron chi connectivity index (χ3n) is 6.01. The van der Waals surface area contributed by atoms with Gasteiger partial charge in [-0.25, -0.2) is 0 Å². The lowest BCUT2D eigenvalue weighted by Crippen LogP contribution is -2.44. The van der Waals surface area contributed by atoms with Crippen LogP contribution < -0.4 is 0 Å². The second-order valence-corrected chi connectivity index (χ2v) is 6.60. The van der Waals surface area contributed by atoms with Crippen molar-refractivity contribution in [1.29, 1.82) is 0 Å². The van der Waals surface area contributed by atoms with Gasteiger partial charge in [-0.1, -0.05) is 26.7 Å². The number of hydrogen-bond acceptors (Lipinski definition) is 2. The Morgan fingerprint density at radius 1 is 0.833 bits per heavy atom. The van der Waals surface area contributed by atoms with E-state index in [1.807, 2.05) is 0 Å². The highest BCUT2D eigenvalue weighted by molar-refractivity contribution is 4.93. The van der Waals surface area contributed by atoms with Crippen molar-refractivity contribution in [3.8, 4) is 0 Å². The van der Waals surface area contributed by atoms with Crippen molar-refractivity contribution in [2.45, 2.75) is 52.4 Å². The summed E-state index contributed by atoms with van der Waals surface area (Å²) < 4.78 is 0. The number of hydrogen-bond donors (Lipinski definition) is 2. The Labute approximate surface area is 112 Å². The highest BCUT2D eigenvalue weighted by atomic mass is 16.3. The molecule has 0 radical (unpaired) electrons. The van der Waals surface area contributed by atoms with E-state index in [0.29, 0.717) is 17.8 Å². The minimum atomic E-state index is 0.266. The molecule has 0 aromatic heterocycles. The van der Waals surface area contributed by atoms with Gasteiger partial charge < -0.3 is 10.2 Å². The predicted molar refractivity (Wildman–Crippen MR) is 74.2 cm³/mol. The third-order valence-corrected chi connectivity index (χ3v) is 6.01. The highest BCUT2D eigenvalue weighted by Crippen LogP contribution is 2.50. The molecule has 2 saturated carbocycles. The fourth-order valence-electron chi connectivity index (χ4n) is 4.85. The number of aliphatic hydroxyl groups excluding tert-OH is 2. The Morgan fingerprint density at radius 2 is 1.50 bits per heavy atom. The molecule has 2 rings (SSSR count). The predicted octanol–water partition coefficient (Wildman–Crippen LogP) is 3.08. The first-order valence-corrected chi connectivity index (χ1v) is 7.96. The van der Waals surface area contributed by atoms with Crippen molar-refractivity contribution in [2.75, 3.05) is 13.2 Å². The molecule has 0 aliphatic heterocycles. The largest absolute Gasteiger partial charge is 0.396 e. The molecule has 2 aliphatic carbocycles. The van der Waals surface area contributed by atoms with Crippen LogP contribution in [0.25, 0.3) is 0 Å². The van der Waals surface area contributed by atoms with E-state index >= 15 is 0 Å². The average molecular weight is 254 g/mol. The Hall–Kier alpha value is -0.0800. The van der Waals surface area contributed by atoms with Gasteiger partial charge in [0, 0.05) is 13.2 Å². The molecule has 18 heavy (non-hydrogen) atoms. The van der Waals surface area contributed by atoms with E-state index in [1.54, 1.807) is 0 Å². The van der Waals surface area contributed by atoms with E-state index in [1.165, 1.54) is 32.1 Å². The summed E-state index contributed by atoms with van der Waals surface area (Å²) in [6.07, 6.45) is 7.66. The van der Waals surface area contributed by atoms with Crippen molar-refractivity contribution in [2.24, 2.45) is 35.5 Å². The fourth-order valence-corrected chi connectivity index (χ4v) is 4.85. The quantitative estimate of drug-likeness (QED) is 0.809. The van der Waals surface area contributed by atoms with Crippen LogP contribution in [-0.4, -0.2) is 23.4 Å². The number of aliphatic hydroxyl groups is 2. The summed E-state index contributed by atoms with van der Waals surface area (Å²) in [5, 5.41) is 19.2. The SMILES string of the molecule is CCC1CC2CCC(CO)C(CO)C2CC1CC.